The Labute approximate surface area is 153 Å². The third-order valence-corrected chi connectivity index (χ3v) is 5.74. The Morgan fingerprint density at radius 3 is 2.26 bits per heavy atom. The first kappa shape index (κ1) is 19.2. The molecule has 0 saturated heterocycles. The van der Waals surface area contributed by atoms with Crippen molar-refractivity contribution >= 4 is 48.5 Å². The van der Waals surface area contributed by atoms with Crippen LogP contribution in [0.5, 0.6) is 0 Å². The van der Waals surface area contributed by atoms with Gasteiger partial charge in [0.05, 0.1) is 16.8 Å². The smallest absolute Gasteiger partial charge is 0.297 e. The number of hydrogen-bond acceptors (Lipinski definition) is 8. The van der Waals surface area contributed by atoms with Crippen molar-refractivity contribution in [1.82, 2.24) is 5.32 Å². The number of benzene rings is 2. The summed E-state index contributed by atoms with van der Waals surface area (Å²) in [4.78, 5) is 23.2. The molecule has 0 fully saturated rings. The minimum absolute atomic E-state index is 0.0180. The summed E-state index contributed by atoms with van der Waals surface area (Å²) in [6.45, 7) is -0.00344. The number of hydrogen-bond donors (Lipinski definition) is 5. The normalized spacial score (nSPS) is 14.3. The maximum atomic E-state index is 12.5. The topological polar surface area (TPSA) is 193 Å². The first-order chi connectivity index (χ1) is 12.5. The summed E-state index contributed by atoms with van der Waals surface area (Å²) in [7, 11) is -9.87. The molecule has 4 rings (SSSR count). The van der Waals surface area contributed by atoms with Crippen molar-refractivity contribution in [2.75, 3.05) is 18.4 Å². The van der Waals surface area contributed by atoms with Crippen LogP contribution in [0.4, 0.5) is 5.69 Å². The zero-order valence-electron chi connectivity index (χ0n) is 13.4. The molecule has 27 heavy (non-hydrogen) atoms. The van der Waals surface area contributed by atoms with Gasteiger partial charge in [-0.15, -0.1) is 0 Å². The molecular formula is C14H13N3O8S2. The second kappa shape index (κ2) is 6.24. The van der Waals surface area contributed by atoms with Crippen molar-refractivity contribution in [2.24, 2.45) is 5.73 Å². The van der Waals surface area contributed by atoms with Gasteiger partial charge in [-0.2, -0.15) is 16.8 Å². The van der Waals surface area contributed by atoms with Crippen LogP contribution in [0.3, 0.4) is 0 Å². The highest BCUT2D eigenvalue weighted by Crippen LogP contribution is 2.39. The van der Waals surface area contributed by atoms with Gasteiger partial charge in [-0.25, -0.2) is 0 Å². The van der Waals surface area contributed by atoms with Crippen molar-refractivity contribution in [2.45, 2.75) is 9.79 Å². The van der Waals surface area contributed by atoms with Crippen LogP contribution < -0.4 is 16.4 Å². The zero-order valence-corrected chi connectivity index (χ0v) is 15.0. The fourth-order valence-corrected chi connectivity index (χ4v) is 4.49. The Bertz CT molecular complexity index is 1220. The number of nitrogens with two attached hydrogens (primary N) is 1. The van der Waals surface area contributed by atoms with E-state index in [9.17, 15) is 35.5 Å². The maximum absolute atomic E-state index is 12.5. The van der Waals surface area contributed by atoms with Gasteiger partial charge in [0.15, 0.2) is 0 Å². The van der Waals surface area contributed by atoms with Gasteiger partial charge < -0.3 is 11.1 Å². The molecule has 0 atom stereocenters. The minimum atomic E-state index is -4.97. The Kier molecular flexibility index (Phi) is 4.44. The van der Waals surface area contributed by atoms with Crippen LogP contribution in [-0.2, 0) is 20.2 Å². The van der Waals surface area contributed by atoms with E-state index in [1.807, 2.05) is 5.32 Å². The van der Waals surface area contributed by atoms with Crippen LogP contribution in [0.2, 0.25) is 0 Å². The standard InChI is InChI=1S/C14H13N3O8S2/c15-3-4-16-11-9-6-1-2-8(26(20,21)22)10(9)14(19)17-13(18)7(5-6)12(11)27(23,24)25/h1-2,5,16H,3-4,15H2,(H,17,18,19)(H,20,21,22)(H,23,24,25). The maximum Gasteiger partial charge on any atom is 0.297 e. The monoisotopic (exact) mass is 415 g/mol. The molecule has 0 aliphatic carbocycles. The molecule has 2 aliphatic heterocycles. The molecule has 2 heterocycles. The molecule has 11 nitrogen and oxygen atoms in total. The molecule has 0 aromatic heterocycles. The summed E-state index contributed by atoms with van der Waals surface area (Å²) in [5, 5.41) is 4.38. The molecule has 0 radical (unpaired) electrons. The number of amides is 2. The molecule has 6 N–H and O–H groups in total. The fourth-order valence-electron chi connectivity index (χ4n) is 2.93. The average molecular weight is 415 g/mol. The van der Waals surface area contributed by atoms with Gasteiger partial charge in [-0.05, 0) is 17.5 Å². The Morgan fingerprint density at radius 1 is 1.04 bits per heavy atom. The SMILES string of the molecule is NCCNc1c(S(=O)(=O)O)c2cc3ccc(S(=O)(=O)O)c(c13)C(=O)NC2=O. The lowest BCUT2D eigenvalue weighted by Crippen LogP contribution is -2.35. The molecule has 13 heteroatoms. The number of nitrogens with one attached hydrogen (secondary N) is 2. The lowest BCUT2D eigenvalue weighted by Gasteiger charge is -2.22. The predicted octanol–water partition coefficient (Wildman–Crippen LogP) is -0.413. The molecule has 2 aromatic rings. The summed E-state index contributed by atoms with van der Waals surface area (Å²) in [6, 6.07) is 3.23. The minimum Gasteiger partial charge on any atom is -0.382 e. The lowest BCUT2D eigenvalue weighted by atomic mass is 9.96. The quantitative estimate of drug-likeness (QED) is 0.316. The lowest BCUT2D eigenvalue weighted by molar-refractivity contribution is 0.0845. The first-order valence-corrected chi connectivity index (χ1v) is 10.2. The van der Waals surface area contributed by atoms with Crippen molar-refractivity contribution in [3.63, 3.8) is 0 Å². The Hall–Kier alpha value is -2.58. The van der Waals surface area contributed by atoms with E-state index in [2.05, 4.69) is 5.32 Å². The van der Waals surface area contributed by atoms with Crippen LogP contribution in [0, 0.1) is 0 Å². The van der Waals surface area contributed by atoms with E-state index in [0.717, 1.165) is 12.1 Å². The van der Waals surface area contributed by atoms with Crippen LogP contribution in [0.1, 0.15) is 20.7 Å². The Morgan fingerprint density at radius 2 is 1.70 bits per heavy atom. The number of carbonyl (C=O) groups excluding carboxylic acids is 2. The van der Waals surface area contributed by atoms with E-state index in [1.54, 1.807) is 0 Å². The van der Waals surface area contributed by atoms with Crippen LogP contribution >= 0.6 is 0 Å². The Balaban J connectivity index is 2.65. The number of fused-ring (bicyclic) bond motifs is 3. The molecule has 0 unspecified atom stereocenters. The molecule has 2 aliphatic rings. The second-order valence-corrected chi connectivity index (χ2v) is 8.36. The molecule has 4 bridgehead atoms. The van der Waals surface area contributed by atoms with Crippen LogP contribution in [-0.4, -0.2) is 50.8 Å². The van der Waals surface area contributed by atoms with Crippen molar-refractivity contribution in [3.8, 4) is 0 Å². The number of rotatable bonds is 5. The molecule has 144 valence electrons. The van der Waals surface area contributed by atoms with Crippen LogP contribution in [0.25, 0.3) is 10.8 Å². The van der Waals surface area contributed by atoms with Crippen molar-refractivity contribution in [3.05, 3.63) is 29.3 Å². The number of anilines is 1. The summed E-state index contributed by atoms with van der Waals surface area (Å²) in [5.41, 5.74) is 3.89. The van der Waals surface area contributed by atoms with E-state index in [4.69, 9.17) is 5.73 Å². The highest BCUT2D eigenvalue weighted by atomic mass is 32.2. The second-order valence-electron chi connectivity index (χ2n) is 5.61. The highest BCUT2D eigenvalue weighted by molar-refractivity contribution is 7.86. The summed E-state index contributed by atoms with van der Waals surface area (Å²) in [5.74, 6) is -2.32. The van der Waals surface area contributed by atoms with Gasteiger partial charge >= 0.3 is 0 Å². The third-order valence-electron chi connectivity index (χ3n) is 3.90. The van der Waals surface area contributed by atoms with Gasteiger partial charge in [0, 0.05) is 18.5 Å². The predicted molar refractivity (Wildman–Crippen MR) is 92.9 cm³/mol. The zero-order chi connectivity index (χ0) is 20.1. The van der Waals surface area contributed by atoms with E-state index in [1.165, 1.54) is 6.07 Å². The third kappa shape index (κ3) is 3.15. The van der Waals surface area contributed by atoms with E-state index < -0.39 is 53.0 Å². The number of imide groups is 1. The largest absolute Gasteiger partial charge is 0.382 e. The summed E-state index contributed by atoms with van der Waals surface area (Å²) < 4.78 is 66.4. The summed E-state index contributed by atoms with van der Waals surface area (Å²) >= 11 is 0. The molecule has 2 amide bonds. The molecule has 0 saturated carbocycles. The van der Waals surface area contributed by atoms with Crippen LogP contribution in [0.15, 0.2) is 28.0 Å². The first-order valence-electron chi connectivity index (χ1n) is 7.35. The van der Waals surface area contributed by atoms with Gasteiger partial charge in [0.2, 0.25) is 0 Å². The van der Waals surface area contributed by atoms with Crippen molar-refractivity contribution < 1.29 is 35.5 Å². The van der Waals surface area contributed by atoms with E-state index in [-0.39, 0.29) is 29.5 Å². The summed E-state index contributed by atoms with van der Waals surface area (Å²) in [6.07, 6.45) is 0. The average Bonchev–Trinajstić information content (AvgIpc) is 2.54. The van der Waals surface area contributed by atoms with Crippen molar-refractivity contribution in [1.29, 1.82) is 0 Å². The highest BCUT2D eigenvalue weighted by Gasteiger charge is 2.35. The van der Waals surface area contributed by atoms with Gasteiger partial charge in [-0.1, -0.05) is 6.07 Å². The van der Waals surface area contributed by atoms with E-state index in [0.29, 0.717) is 0 Å². The molecule has 0 spiro atoms. The molecular weight excluding hydrogens is 402 g/mol. The van der Waals surface area contributed by atoms with Gasteiger partial charge in [-0.3, -0.25) is 24.0 Å². The van der Waals surface area contributed by atoms with E-state index >= 15 is 0 Å². The van der Waals surface area contributed by atoms with Gasteiger partial charge in [0.1, 0.15) is 9.79 Å². The van der Waals surface area contributed by atoms with Gasteiger partial charge in [0.25, 0.3) is 32.1 Å². The fraction of sp³-hybridized carbons (Fsp3) is 0.143. The molecule has 2 aromatic carbocycles. The number of carbonyl (C=O) groups is 2.